The number of aliphatic carboxylic acids is 1. The first-order chi connectivity index (χ1) is 8.04. The monoisotopic (exact) mass is 243 g/mol. The molecule has 0 aromatic carbocycles. The molecule has 3 nitrogen and oxygen atoms in total. The van der Waals surface area contributed by atoms with Crippen molar-refractivity contribution in [3.63, 3.8) is 0 Å². The fraction of sp³-hybridized carbons (Fsp3) is 0.929. The third-order valence-electron chi connectivity index (χ3n) is 3.54. The fourth-order valence-electron chi connectivity index (χ4n) is 2.25. The molecule has 0 bridgehead atoms. The Kier molecular flexibility index (Phi) is 9.14. The number of carboxylic acids is 1. The van der Waals surface area contributed by atoms with E-state index in [9.17, 15) is 4.79 Å². The lowest BCUT2D eigenvalue weighted by atomic mass is 9.98. The highest BCUT2D eigenvalue weighted by atomic mass is 16.4. The van der Waals surface area contributed by atoms with Crippen LogP contribution in [0.2, 0.25) is 0 Å². The molecule has 2 unspecified atom stereocenters. The van der Waals surface area contributed by atoms with Crippen LogP contribution in [0.4, 0.5) is 0 Å². The van der Waals surface area contributed by atoms with Gasteiger partial charge >= 0.3 is 5.97 Å². The molecule has 0 radical (unpaired) electrons. The molecule has 0 heterocycles. The lowest BCUT2D eigenvalue weighted by molar-refractivity contribution is -0.138. The largest absolute Gasteiger partial charge is 0.481 e. The van der Waals surface area contributed by atoms with Crippen LogP contribution >= 0.6 is 0 Å². The number of unbranched alkanes of at least 4 members (excludes halogenated alkanes) is 1. The van der Waals surface area contributed by atoms with Gasteiger partial charge in [0.15, 0.2) is 0 Å². The summed E-state index contributed by atoms with van der Waals surface area (Å²) >= 11 is 0. The molecule has 0 aliphatic carbocycles. The summed E-state index contributed by atoms with van der Waals surface area (Å²) in [6.45, 7) is 10.6. The van der Waals surface area contributed by atoms with Gasteiger partial charge in [-0.05, 0) is 25.8 Å². The SMILES string of the molecule is CCCCC(CC)CN(CC)C(C)CC(=O)O. The quantitative estimate of drug-likeness (QED) is 0.639. The van der Waals surface area contributed by atoms with E-state index in [0.717, 1.165) is 13.1 Å². The van der Waals surface area contributed by atoms with Gasteiger partial charge in [-0.1, -0.05) is 40.0 Å². The number of carbonyl (C=O) groups is 1. The average molecular weight is 243 g/mol. The second-order valence-electron chi connectivity index (χ2n) is 4.95. The standard InChI is InChI=1S/C14H29NO2/c1-5-8-9-13(6-2)11-15(7-3)12(4)10-14(16)17/h12-13H,5-11H2,1-4H3,(H,16,17). The molecule has 0 aliphatic rings. The van der Waals surface area contributed by atoms with Crippen molar-refractivity contribution in [1.29, 1.82) is 0 Å². The Labute approximate surface area is 106 Å². The summed E-state index contributed by atoms with van der Waals surface area (Å²) in [4.78, 5) is 13.0. The highest BCUT2D eigenvalue weighted by Crippen LogP contribution is 2.16. The Bertz CT molecular complexity index is 206. The maximum absolute atomic E-state index is 10.7. The van der Waals surface area contributed by atoms with Crippen molar-refractivity contribution >= 4 is 5.97 Å². The van der Waals surface area contributed by atoms with Gasteiger partial charge in [0.2, 0.25) is 0 Å². The van der Waals surface area contributed by atoms with E-state index in [-0.39, 0.29) is 12.5 Å². The predicted molar refractivity (Wildman–Crippen MR) is 72.3 cm³/mol. The van der Waals surface area contributed by atoms with Gasteiger partial charge in [-0.2, -0.15) is 0 Å². The first kappa shape index (κ1) is 16.4. The van der Waals surface area contributed by atoms with E-state index >= 15 is 0 Å². The number of rotatable bonds is 10. The summed E-state index contributed by atoms with van der Waals surface area (Å²) in [5, 5.41) is 8.83. The van der Waals surface area contributed by atoms with Crippen LogP contribution in [0.3, 0.4) is 0 Å². The summed E-state index contributed by atoms with van der Waals surface area (Å²) in [5.41, 5.74) is 0. The van der Waals surface area contributed by atoms with Crippen molar-refractivity contribution in [1.82, 2.24) is 4.90 Å². The lowest BCUT2D eigenvalue weighted by Crippen LogP contribution is -2.38. The fourth-order valence-corrected chi connectivity index (χ4v) is 2.25. The summed E-state index contributed by atoms with van der Waals surface area (Å²) in [6.07, 6.45) is 5.23. The van der Waals surface area contributed by atoms with Crippen molar-refractivity contribution in [3.8, 4) is 0 Å². The Morgan fingerprint density at radius 3 is 2.35 bits per heavy atom. The average Bonchev–Trinajstić information content (AvgIpc) is 2.28. The molecule has 0 rings (SSSR count). The van der Waals surface area contributed by atoms with Gasteiger partial charge in [0, 0.05) is 12.6 Å². The minimum absolute atomic E-state index is 0.146. The molecule has 3 heteroatoms. The molecule has 2 atom stereocenters. The van der Waals surface area contributed by atoms with Gasteiger partial charge in [0.25, 0.3) is 0 Å². The first-order valence-electron chi connectivity index (χ1n) is 7.00. The minimum Gasteiger partial charge on any atom is -0.481 e. The van der Waals surface area contributed by atoms with Gasteiger partial charge < -0.3 is 10.0 Å². The molecule has 0 amide bonds. The minimum atomic E-state index is -0.697. The van der Waals surface area contributed by atoms with Crippen LogP contribution in [0.15, 0.2) is 0 Å². The second kappa shape index (κ2) is 9.46. The normalized spacial score (nSPS) is 14.9. The van der Waals surface area contributed by atoms with Crippen molar-refractivity contribution in [2.45, 2.75) is 65.8 Å². The molecule has 0 aromatic heterocycles. The van der Waals surface area contributed by atoms with Crippen LogP contribution in [0, 0.1) is 5.92 Å². The Balaban J connectivity index is 4.19. The van der Waals surface area contributed by atoms with E-state index in [2.05, 4.69) is 25.7 Å². The number of nitrogens with zero attached hydrogens (tertiary/aromatic N) is 1. The molecular weight excluding hydrogens is 214 g/mol. The Hall–Kier alpha value is -0.570. The van der Waals surface area contributed by atoms with Gasteiger partial charge in [0.1, 0.15) is 0 Å². The van der Waals surface area contributed by atoms with Gasteiger partial charge in [0.05, 0.1) is 6.42 Å². The molecule has 17 heavy (non-hydrogen) atoms. The number of carboxylic acid groups (broad SMARTS) is 1. The maximum atomic E-state index is 10.7. The third-order valence-corrected chi connectivity index (χ3v) is 3.54. The number of hydrogen-bond acceptors (Lipinski definition) is 2. The molecule has 102 valence electrons. The first-order valence-corrected chi connectivity index (χ1v) is 7.00. The van der Waals surface area contributed by atoms with Crippen LogP contribution in [0.1, 0.15) is 59.8 Å². The zero-order chi connectivity index (χ0) is 13.3. The highest BCUT2D eigenvalue weighted by Gasteiger charge is 2.18. The third kappa shape index (κ3) is 7.37. The number of hydrogen-bond donors (Lipinski definition) is 1. The van der Waals surface area contributed by atoms with Crippen LogP contribution in [-0.4, -0.2) is 35.1 Å². The molecule has 0 aromatic rings. The Morgan fingerprint density at radius 2 is 1.94 bits per heavy atom. The molecule has 0 fully saturated rings. The summed E-state index contributed by atoms with van der Waals surface area (Å²) in [7, 11) is 0. The topological polar surface area (TPSA) is 40.5 Å². The van der Waals surface area contributed by atoms with Crippen LogP contribution in [0.25, 0.3) is 0 Å². The smallest absolute Gasteiger partial charge is 0.304 e. The van der Waals surface area contributed by atoms with Crippen LogP contribution in [-0.2, 0) is 4.79 Å². The zero-order valence-electron chi connectivity index (χ0n) is 11.9. The summed E-state index contributed by atoms with van der Waals surface area (Å²) < 4.78 is 0. The van der Waals surface area contributed by atoms with Crippen molar-refractivity contribution in [2.75, 3.05) is 13.1 Å². The summed E-state index contributed by atoms with van der Waals surface area (Å²) in [6, 6.07) is 0.146. The van der Waals surface area contributed by atoms with E-state index < -0.39 is 5.97 Å². The van der Waals surface area contributed by atoms with Crippen molar-refractivity contribution in [3.05, 3.63) is 0 Å². The predicted octanol–water partition coefficient (Wildman–Crippen LogP) is 3.39. The van der Waals surface area contributed by atoms with E-state index in [1.54, 1.807) is 0 Å². The molecule has 0 spiro atoms. The van der Waals surface area contributed by atoms with Crippen molar-refractivity contribution < 1.29 is 9.90 Å². The van der Waals surface area contributed by atoms with E-state index in [1.807, 2.05) is 6.92 Å². The molecule has 0 aliphatic heterocycles. The Morgan fingerprint density at radius 1 is 1.29 bits per heavy atom. The van der Waals surface area contributed by atoms with E-state index in [4.69, 9.17) is 5.11 Å². The van der Waals surface area contributed by atoms with E-state index in [0.29, 0.717) is 5.92 Å². The molecule has 1 N–H and O–H groups in total. The van der Waals surface area contributed by atoms with E-state index in [1.165, 1.54) is 25.7 Å². The molecule has 0 saturated heterocycles. The van der Waals surface area contributed by atoms with Gasteiger partial charge in [-0.15, -0.1) is 0 Å². The van der Waals surface area contributed by atoms with Crippen LogP contribution in [0.5, 0.6) is 0 Å². The van der Waals surface area contributed by atoms with Crippen LogP contribution < -0.4 is 0 Å². The second-order valence-corrected chi connectivity index (χ2v) is 4.95. The maximum Gasteiger partial charge on any atom is 0.304 e. The lowest BCUT2D eigenvalue weighted by Gasteiger charge is -2.30. The van der Waals surface area contributed by atoms with Crippen molar-refractivity contribution in [2.24, 2.45) is 5.92 Å². The molecular formula is C14H29NO2. The zero-order valence-corrected chi connectivity index (χ0v) is 11.9. The molecule has 0 saturated carbocycles. The van der Waals surface area contributed by atoms with Gasteiger partial charge in [-0.3, -0.25) is 4.79 Å². The van der Waals surface area contributed by atoms with Gasteiger partial charge in [-0.25, -0.2) is 0 Å². The summed E-state index contributed by atoms with van der Waals surface area (Å²) in [5.74, 6) is 0.0173. The highest BCUT2D eigenvalue weighted by molar-refractivity contribution is 5.67.